The number of hydrogen-bond donors (Lipinski definition) is 1. The van der Waals surface area contributed by atoms with Gasteiger partial charge in [0.15, 0.2) is 5.78 Å². The van der Waals surface area contributed by atoms with E-state index < -0.39 is 11.9 Å². The molecule has 5 rings (SSSR count). The maximum absolute atomic E-state index is 14.0. The largest absolute Gasteiger partial charge is 0.497 e. The third-order valence-corrected chi connectivity index (χ3v) is 7.69. The molecule has 0 aromatic heterocycles. The number of hydrogen-bond acceptors (Lipinski definition) is 6. The molecule has 3 aromatic rings. The average Bonchev–Trinajstić information content (AvgIpc) is 2.97. The van der Waals surface area contributed by atoms with Crippen LogP contribution in [0.15, 0.2) is 101 Å². The first kappa shape index (κ1) is 28.2. The Balaban J connectivity index is 1.50. The highest BCUT2D eigenvalue weighted by Crippen LogP contribution is 2.48. The monoisotopic (exact) mass is 551 g/mol. The maximum atomic E-state index is 14.0. The predicted octanol–water partition coefficient (Wildman–Crippen LogP) is 6.63. The molecular weight excluding hydrogens is 514 g/mol. The third kappa shape index (κ3) is 6.22. The molecular formula is C35H37NO5. The van der Waals surface area contributed by atoms with Crippen molar-refractivity contribution < 1.29 is 23.8 Å². The van der Waals surface area contributed by atoms with Crippen LogP contribution in [0.4, 0.5) is 0 Å². The normalized spacial score (nSPS) is 18.6. The fraction of sp³-hybridized carbons (Fsp3) is 0.314. The second kappa shape index (κ2) is 12.5. The standard InChI is InChI=1S/C35H37NO5/c1-22(2)41-31-13-9-8-12-28(31)33-32(35(38)40-19-18-24-10-6-5-7-11-24)23(3)36-29-20-26(21-30(37)34(29)33)25-14-16-27(39-4)17-15-25/h5-17,22,26,33,36H,18-21H2,1-4H3/t26-,33+/m0/s1. The maximum Gasteiger partial charge on any atom is 0.336 e. The molecule has 2 atom stereocenters. The molecule has 0 fully saturated rings. The van der Waals surface area contributed by atoms with E-state index in [1.807, 2.05) is 99.6 Å². The fourth-order valence-electron chi connectivity index (χ4n) is 5.80. The molecule has 1 heterocycles. The first-order valence-corrected chi connectivity index (χ1v) is 14.2. The zero-order valence-corrected chi connectivity index (χ0v) is 24.1. The van der Waals surface area contributed by atoms with E-state index in [0.29, 0.717) is 41.9 Å². The molecule has 6 heteroatoms. The smallest absolute Gasteiger partial charge is 0.336 e. The van der Waals surface area contributed by atoms with Crippen molar-refractivity contribution in [2.45, 2.75) is 58.0 Å². The number of methoxy groups -OCH3 is 1. The Kier molecular flexibility index (Phi) is 8.58. The molecule has 41 heavy (non-hydrogen) atoms. The topological polar surface area (TPSA) is 73.9 Å². The zero-order chi connectivity index (χ0) is 28.9. The van der Waals surface area contributed by atoms with Crippen molar-refractivity contribution >= 4 is 11.8 Å². The van der Waals surface area contributed by atoms with Gasteiger partial charge in [0.05, 0.1) is 31.3 Å². The number of ether oxygens (including phenoxy) is 3. The van der Waals surface area contributed by atoms with Crippen LogP contribution >= 0.6 is 0 Å². The number of allylic oxidation sites excluding steroid dienone is 3. The SMILES string of the molecule is COc1ccc([C@@H]2CC(=O)C3=C(C2)NC(C)=C(C(=O)OCCc2ccccc2)[C@H]3c2ccccc2OC(C)C)cc1. The van der Waals surface area contributed by atoms with Crippen LogP contribution in [-0.2, 0) is 20.7 Å². The number of ketones is 1. The van der Waals surface area contributed by atoms with Crippen LogP contribution < -0.4 is 14.8 Å². The Hall–Kier alpha value is -4.32. The summed E-state index contributed by atoms with van der Waals surface area (Å²) < 4.78 is 17.3. The van der Waals surface area contributed by atoms with Gasteiger partial charge in [0, 0.05) is 35.4 Å². The number of Topliss-reactive ketones (excluding diaryl/α,β-unsaturated/α-hetero) is 1. The Bertz CT molecular complexity index is 1470. The molecule has 0 bridgehead atoms. The minimum absolute atomic E-state index is 0.0194. The number of para-hydroxylation sites is 1. The van der Waals surface area contributed by atoms with Crippen molar-refractivity contribution in [3.8, 4) is 11.5 Å². The molecule has 1 aliphatic heterocycles. The second-order valence-electron chi connectivity index (χ2n) is 10.9. The van der Waals surface area contributed by atoms with Crippen LogP contribution in [0.25, 0.3) is 0 Å². The van der Waals surface area contributed by atoms with Crippen molar-refractivity contribution in [1.29, 1.82) is 0 Å². The van der Waals surface area contributed by atoms with E-state index in [1.165, 1.54) is 0 Å². The zero-order valence-electron chi connectivity index (χ0n) is 24.1. The fourth-order valence-corrected chi connectivity index (χ4v) is 5.80. The van der Waals surface area contributed by atoms with Crippen LogP contribution in [0, 0.1) is 0 Å². The highest BCUT2D eigenvalue weighted by Gasteiger charge is 2.42. The summed E-state index contributed by atoms with van der Waals surface area (Å²) in [5.41, 5.74) is 5.59. The van der Waals surface area contributed by atoms with Gasteiger partial charge < -0.3 is 19.5 Å². The van der Waals surface area contributed by atoms with E-state index in [-0.39, 0.29) is 24.4 Å². The predicted molar refractivity (Wildman–Crippen MR) is 159 cm³/mol. The van der Waals surface area contributed by atoms with E-state index in [0.717, 1.165) is 28.1 Å². The van der Waals surface area contributed by atoms with Gasteiger partial charge in [-0.1, -0.05) is 60.7 Å². The molecule has 0 amide bonds. The quantitative estimate of drug-likeness (QED) is 0.301. The van der Waals surface area contributed by atoms with Gasteiger partial charge in [-0.2, -0.15) is 0 Å². The van der Waals surface area contributed by atoms with Crippen LogP contribution in [0.5, 0.6) is 11.5 Å². The van der Waals surface area contributed by atoms with Crippen LogP contribution in [0.2, 0.25) is 0 Å². The van der Waals surface area contributed by atoms with E-state index in [4.69, 9.17) is 14.2 Å². The third-order valence-electron chi connectivity index (χ3n) is 7.69. The van der Waals surface area contributed by atoms with Crippen molar-refractivity contribution in [3.63, 3.8) is 0 Å². The Labute approximate surface area is 242 Å². The summed E-state index contributed by atoms with van der Waals surface area (Å²) in [6, 6.07) is 25.5. The molecule has 0 spiro atoms. The summed E-state index contributed by atoms with van der Waals surface area (Å²) in [4.78, 5) is 27.7. The van der Waals surface area contributed by atoms with Gasteiger partial charge in [0.1, 0.15) is 11.5 Å². The lowest BCUT2D eigenvalue weighted by Crippen LogP contribution is -2.36. The molecule has 0 unspecified atom stereocenters. The minimum Gasteiger partial charge on any atom is -0.497 e. The molecule has 0 radical (unpaired) electrons. The van der Waals surface area contributed by atoms with Crippen LogP contribution in [0.1, 0.15) is 62.1 Å². The lowest BCUT2D eigenvalue weighted by atomic mass is 9.71. The summed E-state index contributed by atoms with van der Waals surface area (Å²) in [5.74, 6) is 0.471. The Morgan fingerprint density at radius 2 is 1.66 bits per heavy atom. The van der Waals surface area contributed by atoms with Gasteiger partial charge in [-0.15, -0.1) is 0 Å². The molecule has 1 N–H and O–H groups in total. The van der Waals surface area contributed by atoms with E-state index >= 15 is 0 Å². The first-order valence-electron chi connectivity index (χ1n) is 14.2. The van der Waals surface area contributed by atoms with Crippen molar-refractivity contribution in [3.05, 3.63) is 118 Å². The van der Waals surface area contributed by atoms with Crippen LogP contribution in [-0.4, -0.2) is 31.6 Å². The molecule has 6 nitrogen and oxygen atoms in total. The number of carbonyl (C=O) groups is 2. The Morgan fingerprint density at radius 1 is 0.951 bits per heavy atom. The molecule has 0 saturated heterocycles. The van der Waals surface area contributed by atoms with Crippen LogP contribution in [0.3, 0.4) is 0 Å². The van der Waals surface area contributed by atoms with Crippen molar-refractivity contribution in [1.82, 2.24) is 5.32 Å². The van der Waals surface area contributed by atoms with Crippen molar-refractivity contribution in [2.75, 3.05) is 13.7 Å². The highest BCUT2D eigenvalue weighted by molar-refractivity contribution is 6.04. The van der Waals surface area contributed by atoms with Gasteiger partial charge in [-0.05, 0) is 62.4 Å². The van der Waals surface area contributed by atoms with Gasteiger partial charge >= 0.3 is 5.97 Å². The van der Waals surface area contributed by atoms with Crippen molar-refractivity contribution in [2.24, 2.45) is 0 Å². The molecule has 212 valence electrons. The summed E-state index contributed by atoms with van der Waals surface area (Å²) in [6.07, 6.45) is 1.55. The molecule has 1 aliphatic carbocycles. The highest BCUT2D eigenvalue weighted by atomic mass is 16.5. The summed E-state index contributed by atoms with van der Waals surface area (Å²) in [7, 11) is 1.64. The number of esters is 1. The summed E-state index contributed by atoms with van der Waals surface area (Å²) in [5, 5.41) is 3.44. The molecule has 3 aromatic carbocycles. The lowest BCUT2D eigenvalue weighted by Gasteiger charge is -2.37. The van der Waals surface area contributed by atoms with E-state index in [2.05, 4.69) is 5.32 Å². The van der Waals surface area contributed by atoms with E-state index in [9.17, 15) is 9.59 Å². The molecule has 0 saturated carbocycles. The minimum atomic E-state index is -0.588. The number of dihydropyridines is 1. The van der Waals surface area contributed by atoms with E-state index in [1.54, 1.807) is 7.11 Å². The number of benzene rings is 3. The first-order chi connectivity index (χ1) is 19.9. The number of rotatable bonds is 9. The Morgan fingerprint density at radius 3 is 2.37 bits per heavy atom. The lowest BCUT2D eigenvalue weighted by molar-refractivity contribution is -0.139. The van der Waals surface area contributed by atoms with Gasteiger partial charge in [-0.3, -0.25) is 4.79 Å². The van der Waals surface area contributed by atoms with Gasteiger partial charge in [0.25, 0.3) is 0 Å². The number of nitrogens with one attached hydrogen (secondary N) is 1. The summed E-state index contributed by atoms with van der Waals surface area (Å²) in [6.45, 7) is 6.07. The van der Waals surface area contributed by atoms with Gasteiger partial charge in [-0.25, -0.2) is 4.79 Å². The second-order valence-corrected chi connectivity index (χ2v) is 10.9. The average molecular weight is 552 g/mol. The summed E-state index contributed by atoms with van der Waals surface area (Å²) >= 11 is 0. The van der Waals surface area contributed by atoms with Gasteiger partial charge in [0.2, 0.25) is 0 Å². The molecule has 2 aliphatic rings. The number of carbonyl (C=O) groups excluding carboxylic acids is 2.